The van der Waals surface area contributed by atoms with Crippen LogP contribution in [0.2, 0.25) is 10.0 Å². The first-order valence-corrected chi connectivity index (χ1v) is 11.9. The number of carbonyl (C=O) groups is 1. The van der Waals surface area contributed by atoms with Crippen LogP contribution in [0.5, 0.6) is 0 Å². The fraction of sp³-hybridized carbons (Fsp3) is 0.125. The topological polar surface area (TPSA) is 66.5 Å². The number of hydrogen-bond acceptors (Lipinski definition) is 3. The zero-order valence-electron chi connectivity index (χ0n) is 17.6. The zero-order chi connectivity index (χ0) is 23.5. The average Bonchev–Trinajstić information content (AvgIpc) is 2.75. The molecule has 3 aromatic rings. The molecule has 0 heterocycles. The second kappa shape index (κ2) is 9.77. The van der Waals surface area contributed by atoms with Crippen molar-refractivity contribution in [3.8, 4) is 0 Å². The minimum Gasteiger partial charge on any atom is -0.322 e. The van der Waals surface area contributed by atoms with Gasteiger partial charge in [0.1, 0.15) is 4.90 Å². The number of aryl methyl sites for hydroxylation is 2. The number of hydrogen-bond donors (Lipinski definition) is 1. The van der Waals surface area contributed by atoms with Crippen molar-refractivity contribution in [2.75, 3.05) is 16.2 Å². The lowest BCUT2D eigenvalue weighted by Crippen LogP contribution is -2.31. The van der Waals surface area contributed by atoms with Crippen LogP contribution in [0.25, 0.3) is 0 Å². The summed E-state index contributed by atoms with van der Waals surface area (Å²) in [5.74, 6) is -0.438. The largest absolute Gasteiger partial charge is 0.322 e. The second-order valence-corrected chi connectivity index (χ2v) is 9.89. The van der Waals surface area contributed by atoms with Gasteiger partial charge in [0.25, 0.3) is 15.9 Å². The molecule has 0 saturated heterocycles. The molecule has 0 fully saturated rings. The van der Waals surface area contributed by atoms with Gasteiger partial charge in [-0.1, -0.05) is 47.0 Å². The van der Waals surface area contributed by atoms with E-state index < -0.39 is 15.9 Å². The van der Waals surface area contributed by atoms with Crippen LogP contribution in [0, 0.1) is 13.8 Å². The van der Waals surface area contributed by atoms with Crippen molar-refractivity contribution in [1.29, 1.82) is 0 Å². The van der Waals surface area contributed by atoms with Crippen molar-refractivity contribution >= 4 is 50.5 Å². The van der Waals surface area contributed by atoms with Crippen molar-refractivity contribution in [1.82, 2.24) is 0 Å². The Morgan fingerprint density at radius 2 is 1.72 bits per heavy atom. The van der Waals surface area contributed by atoms with Gasteiger partial charge in [-0.25, -0.2) is 8.42 Å². The van der Waals surface area contributed by atoms with Gasteiger partial charge in [-0.3, -0.25) is 9.10 Å². The molecule has 3 aromatic carbocycles. The highest BCUT2D eigenvalue weighted by Gasteiger charge is 2.27. The first kappa shape index (κ1) is 23.9. The van der Waals surface area contributed by atoms with Gasteiger partial charge < -0.3 is 5.32 Å². The predicted molar refractivity (Wildman–Crippen MR) is 132 cm³/mol. The Morgan fingerprint density at radius 3 is 2.34 bits per heavy atom. The van der Waals surface area contributed by atoms with Crippen molar-refractivity contribution in [2.24, 2.45) is 0 Å². The van der Waals surface area contributed by atoms with Crippen LogP contribution >= 0.6 is 23.2 Å². The van der Waals surface area contributed by atoms with Gasteiger partial charge in [0.2, 0.25) is 0 Å². The molecule has 0 unspecified atom stereocenters. The highest BCUT2D eigenvalue weighted by Crippen LogP contribution is 2.30. The van der Waals surface area contributed by atoms with Crippen LogP contribution in [-0.4, -0.2) is 20.9 Å². The van der Waals surface area contributed by atoms with Gasteiger partial charge in [-0.2, -0.15) is 0 Å². The molecule has 0 radical (unpaired) electrons. The van der Waals surface area contributed by atoms with Crippen molar-refractivity contribution in [2.45, 2.75) is 18.7 Å². The second-order valence-electron chi connectivity index (χ2n) is 7.22. The Morgan fingerprint density at radius 1 is 1.03 bits per heavy atom. The van der Waals surface area contributed by atoms with Crippen LogP contribution in [0.4, 0.5) is 11.4 Å². The molecule has 0 aliphatic heterocycles. The monoisotopic (exact) mass is 488 g/mol. The predicted octanol–water partition coefficient (Wildman–Crippen LogP) is 6.24. The molecule has 5 nitrogen and oxygen atoms in total. The van der Waals surface area contributed by atoms with Crippen LogP contribution in [0.1, 0.15) is 21.5 Å². The third-order valence-electron chi connectivity index (χ3n) is 4.80. The molecular formula is C24H22Cl2N2O3S. The number of halogens is 2. The lowest BCUT2D eigenvalue weighted by atomic mass is 10.1. The fourth-order valence-electron chi connectivity index (χ4n) is 3.18. The normalized spacial score (nSPS) is 11.1. The van der Waals surface area contributed by atoms with E-state index in [1.807, 2.05) is 32.0 Å². The van der Waals surface area contributed by atoms with E-state index >= 15 is 0 Å². The van der Waals surface area contributed by atoms with E-state index in [0.717, 1.165) is 15.4 Å². The highest BCUT2D eigenvalue weighted by atomic mass is 35.5. The third-order valence-corrected chi connectivity index (χ3v) is 7.33. The van der Waals surface area contributed by atoms with E-state index in [4.69, 9.17) is 23.2 Å². The Labute approximate surface area is 198 Å². The molecule has 0 saturated carbocycles. The van der Waals surface area contributed by atoms with Gasteiger partial charge >= 0.3 is 0 Å². The minimum atomic E-state index is -4.10. The zero-order valence-corrected chi connectivity index (χ0v) is 19.9. The maximum absolute atomic E-state index is 13.5. The summed E-state index contributed by atoms with van der Waals surface area (Å²) in [5.41, 5.74) is 3.19. The summed E-state index contributed by atoms with van der Waals surface area (Å²) in [6, 6.07) is 16.2. The maximum atomic E-state index is 13.5. The summed E-state index contributed by atoms with van der Waals surface area (Å²) in [4.78, 5) is 12.7. The van der Waals surface area contributed by atoms with Crippen molar-refractivity contribution in [3.05, 3.63) is 100 Å². The van der Waals surface area contributed by atoms with E-state index in [-0.39, 0.29) is 22.0 Å². The molecule has 0 bridgehead atoms. The molecule has 0 spiro atoms. The summed E-state index contributed by atoms with van der Waals surface area (Å²) in [7, 11) is -4.10. The molecule has 166 valence electrons. The van der Waals surface area contributed by atoms with Crippen LogP contribution in [0.3, 0.4) is 0 Å². The Bertz CT molecular complexity index is 1270. The number of amides is 1. The summed E-state index contributed by atoms with van der Waals surface area (Å²) >= 11 is 12.2. The number of carbonyl (C=O) groups excluding carboxylic acids is 1. The van der Waals surface area contributed by atoms with E-state index in [9.17, 15) is 13.2 Å². The van der Waals surface area contributed by atoms with Gasteiger partial charge in [-0.15, -0.1) is 6.58 Å². The fourth-order valence-corrected chi connectivity index (χ4v) is 5.24. The molecule has 0 aliphatic carbocycles. The number of benzene rings is 3. The van der Waals surface area contributed by atoms with Crippen LogP contribution < -0.4 is 9.62 Å². The number of sulfonamides is 1. The number of nitrogens with zero attached hydrogens (tertiary/aromatic N) is 1. The number of anilines is 2. The molecule has 8 heteroatoms. The summed E-state index contributed by atoms with van der Waals surface area (Å²) < 4.78 is 28.1. The molecular weight excluding hydrogens is 467 g/mol. The smallest absolute Gasteiger partial charge is 0.266 e. The van der Waals surface area contributed by atoms with E-state index in [2.05, 4.69) is 11.9 Å². The first-order valence-electron chi connectivity index (χ1n) is 9.71. The Balaban J connectivity index is 1.99. The molecule has 0 aliphatic rings. The Kier molecular flexibility index (Phi) is 7.29. The van der Waals surface area contributed by atoms with E-state index in [0.29, 0.717) is 16.4 Å². The van der Waals surface area contributed by atoms with Gasteiger partial charge in [-0.05, 0) is 67.9 Å². The highest BCUT2D eigenvalue weighted by molar-refractivity contribution is 7.93. The Hall–Kier alpha value is -2.80. The van der Waals surface area contributed by atoms with Gasteiger partial charge in [0.05, 0.1) is 17.3 Å². The van der Waals surface area contributed by atoms with E-state index in [1.54, 1.807) is 24.3 Å². The average molecular weight is 489 g/mol. The lowest BCUT2D eigenvalue weighted by molar-refractivity contribution is 0.102. The van der Waals surface area contributed by atoms with Gasteiger partial charge in [0.15, 0.2) is 0 Å². The molecule has 0 aromatic heterocycles. The number of rotatable bonds is 7. The first-order chi connectivity index (χ1) is 15.1. The summed E-state index contributed by atoms with van der Waals surface area (Å²) in [6.07, 6.45) is 1.47. The molecule has 32 heavy (non-hydrogen) atoms. The van der Waals surface area contributed by atoms with E-state index in [1.165, 1.54) is 24.3 Å². The van der Waals surface area contributed by atoms with Crippen molar-refractivity contribution in [3.63, 3.8) is 0 Å². The molecule has 3 rings (SSSR count). The SMILES string of the molecule is C=CCN(c1ccc(Cl)cc1)S(=O)(=O)c1cc(C(=O)Nc2ccc(C)cc2C)ccc1Cl. The van der Waals surface area contributed by atoms with Crippen LogP contribution in [-0.2, 0) is 10.0 Å². The number of nitrogens with one attached hydrogen (secondary N) is 1. The molecule has 1 N–H and O–H groups in total. The molecule has 0 atom stereocenters. The maximum Gasteiger partial charge on any atom is 0.266 e. The van der Waals surface area contributed by atoms with Crippen LogP contribution in [0.15, 0.2) is 78.2 Å². The summed E-state index contributed by atoms with van der Waals surface area (Å²) in [5, 5.41) is 3.31. The quantitative estimate of drug-likeness (QED) is 0.400. The van der Waals surface area contributed by atoms with Gasteiger partial charge in [0, 0.05) is 16.3 Å². The lowest BCUT2D eigenvalue weighted by Gasteiger charge is -2.24. The molecule has 1 amide bonds. The third kappa shape index (κ3) is 5.15. The standard InChI is InChI=1S/C24H22Cl2N2O3S/c1-4-13-28(20-9-7-19(25)8-10-20)32(30,31)23-15-18(6-11-21(23)26)24(29)27-22-12-5-16(2)14-17(22)3/h4-12,14-15H,1,13H2,2-3H3,(H,27,29). The summed E-state index contributed by atoms with van der Waals surface area (Å²) in [6.45, 7) is 7.52. The minimum absolute atomic E-state index is 0.0103. The van der Waals surface area contributed by atoms with Crippen molar-refractivity contribution < 1.29 is 13.2 Å².